The van der Waals surface area contributed by atoms with E-state index in [-0.39, 0.29) is 17.6 Å². The summed E-state index contributed by atoms with van der Waals surface area (Å²) >= 11 is 1.43. The first kappa shape index (κ1) is 23.7. The topological polar surface area (TPSA) is 129 Å². The average Bonchev–Trinajstić information content (AvgIpc) is 3.66. The van der Waals surface area contributed by atoms with Crippen LogP contribution in [0.2, 0.25) is 0 Å². The fourth-order valence-electron chi connectivity index (χ4n) is 4.25. The largest absolute Gasteiger partial charge is 0.353 e. The average molecular weight is 522 g/mol. The number of aromatic amines is 2. The number of H-pyrrole nitrogens is 2. The number of hydrogen-bond donors (Lipinski definition) is 3. The fourth-order valence-corrected chi connectivity index (χ4v) is 5.16. The van der Waals surface area contributed by atoms with Gasteiger partial charge in [0.15, 0.2) is 11.4 Å². The van der Waals surface area contributed by atoms with E-state index in [0.717, 1.165) is 49.4 Å². The van der Waals surface area contributed by atoms with E-state index in [0.29, 0.717) is 16.2 Å². The van der Waals surface area contributed by atoms with E-state index >= 15 is 0 Å². The second kappa shape index (κ2) is 9.31. The molecule has 6 aromatic heterocycles. The summed E-state index contributed by atoms with van der Waals surface area (Å²) in [6, 6.07) is 11.6. The van der Waals surface area contributed by atoms with Crippen LogP contribution in [0.25, 0.3) is 55.0 Å². The zero-order valence-electron chi connectivity index (χ0n) is 20.9. The van der Waals surface area contributed by atoms with E-state index in [9.17, 15) is 9.59 Å². The zero-order chi connectivity index (χ0) is 26.4. The second-order valence-corrected chi connectivity index (χ2v) is 10.4. The van der Waals surface area contributed by atoms with Crippen molar-refractivity contribution in [2.24, 2.45) is 5.92 Å². The highest BCUT2D eigenvalue weighted by molar-refractivity contribution is 7.17. The van der Waals surface area contributed by atoms with Crippen molar-refractivity contribution < 1.29 is 9.59 Å². The van der Waals surface area contributed by atoms with Crippen molar-refractivity contribution in [3.05, 3.63) is 66.1 Å². The SMILES string of the molecule is CC(=O)c1ccc(-c2nccc3[nH]c(-c4n[nH]c5ncc(-c6cncc(NC(=O)C(C)C)c6)cc45)cc23)s1. The molecule has 0 saturated heterocycles. The van der Waals surface area contributed by atoms with Crippen LogP contribution in [0.15, 0.2) is 61.2 Å². The molecule has 0 atom stereocenters. The van der Waals surface area contributed by atoms with Crippen LogP contribution in [-0.2, 0) is 4.79 Å². The number of anilines is 1. The van der Waals surface area contributed by atoms with Gasteiger partial charge < -0.3 is 10.3 Å². The van der Waals surface area contributed by atoms with E-state index < -0.39 is 0 Å². The summed E-state index contributed by atoms with van der Waals surface area (Å²) < 4.78 is 0. The summed E-state index contributed by atoms with van der Waals surface area (Å²) in [5.41, 5.74) is 6.24. The maximum Gasteiger partial charge on any atom is 0.226 e. The fraction of sp³-hybridized carbons (Fsp3) is 0.143. The lowest BCUT2D eigenvalue weighted by Crippen LogP contribution is -2.17. The Morgan fingerprint density at radius 3 is 2.58 bits per heavy atom. The first-order valence-electron chi connectivity index (χ1n) is 12.1. The summed E-state index contributed by atoms with van der Waals surface area (Å²) in [7, 11) is 0. The Bertz CT molecular complexity index is 1850. The molecule has 0 aliphatic heterocycles. The Kier molecular flexibility index (Phi) is 5.80. The molecule has 6 aromatic rings. The van der Waals surface area contributed by atoms with Gasteiger partial charge >= 0.3 is 0 Å². The van der Waals surface area contributed by atoms with Crippen LogP contribution in [0.3, 0.4) is 0 Å². The maximum absolute atomic E-state index is 12.1. The molecule has 1 amide bonds. The van der Waals surface area contributed by atoms with Gasteiger partial charge in [-0.05, 0) is 43.3 Å². The minimum absolute atomic E-state index is 0.0394. The van der Waals surface area contributed by atoms with Crippen molar-refractivity contribution in [2.45, 2.75) is 20.8 Å². The number of thiophene rings is 1. The summed E-state index contributed by atoms with van der Waals surface area (Å²) in [6.45, 7) is 5.26. The molecule has 0 unspecified atom stereocenters. The Hall–Kier alpha value is -4.70. The predicted octanol–water partition coefficient (Wildman–Crippen LogP) is 6.09. The number of carbonyl (C=O) groups excluding carboxylic acids is 2. The Labute approximate surface area is 221 Å². The molecule has 3 N–H and O–H groups in total. The van der Waals surface area contributed by atoms with Crippen LogP contribution in [0.5, 0.6) is 0 Å². The second-order valence-electron chi connectivity index (χ2n) is 9.32. The standard InChI is InChI=1S/C28H23N7O2S/c1-14(2)28(37)32-18-8-16(11-29-13-18)17-9-20-25(34-35-27(20)31-12-17)22-10-19-21(33-22)6-7-30-26(19)24-5-4-23(38-24)15(3)36/h4-14,33H,1-3H3,(H,32,37)(H,31,34,35). The van der Waals surface area contributed by atoms with Gasteiger partial charge in [-0.2, -0.15) is 5.10 Å². The summed E-state index contributed by atoms with van der Waals surface area (Å²) in [4.78, 5) is 42.5. The van der Waals surface area contributed by atoms with E-state index in [1.807, 2.05) is 50.2 Å². The molecule has 38 heavy (non-hydrogen) atoms. The van der Waals surface area contributed by atoms with Gasteiger partial charge in [-0.15, -0.1) is 11.3 Å². The first-order valence-corrected chi connectivity index (χ1v) is 12.9. The summed E-state index contributed by atoms with van der Waals surface area (Å²) in [5.74, 6) is -0.159. The molecular formula is C28H23N7O2S. The molecule has 0 fully saturated rings. The number of hydrogen-bond acceptors (Lipinski definition) is 7. The quantitative estimate of drug-likeness (QED) is 0.228. The lowest BCUT2D eigenvalue weighted by atomic mass is 10.1. The molecule has 188 valence electrons. The van der Waals surface area contributed by atoms with Crippen molar-refractivity contribution >= 4 is 50.7 Å². The number of amides is 1. The van der Waals surface area contributed by atoms with Gasteiger partial charge in [0.2, 0.25) is 5.91 Å². The minimum Gasteiger partial charge on any atom is -0.353 e. The monoisotopic (exact) mass is 521 g/mol. The Morgan fingerprint density at radius 1 is 0.947 bits per heavy atom. The number of rotatable bonds is 6. The van der Waals surface area contributed by atoms with E-state index in [1.54, 1.807) is 31.7 Å². The van der Waals surface area contributed by atoms with Gasteiger partial charge in [0, 0.05) is 51.9 Å². The molecule has 0 radical (unpaired) electrons. The van der Waals surface area contributed by atoms with E-state index in [1.165, 1.54) is 11.3 Å². The Morgan fingerprint density at radius 2 is 1.79 bits per heavy atom. The van der Waals surface area contributed by atoms with Crippen molar-refractivity contribution in [3.63, 3.8) is 0 Å². The zero-order valence-corrected chi connectivity index (χ0v) is 21.7. The third-order valence-corrected chi connectivity index (χ3v) is 7.46. The van der Waals surface area contributed by atoms with Gasteiger partial charge in [0.1, 0.15) is 5.69 Å². The van der Waals surface area contributed by atoms with Crippen molar-refractivity contribution in [1.29, 1.82) is 0 Å². The molecule has 10 heteroatoms. The third-order valence-electron chi connectivity index (χ3n) is 6.27. The van der Waals surface area contributed by atoms with Gasteiger partial charge in [-0.1, -0.05) is 13.8 Å². The highest BCUT2D eigenvalue weighted by atomic mass is 32.1. The number of nitrogens with one attached hydrogen (secondary N) is 3. The molecule has 0 saturated carbocycles. The number of fused-ring (bicyclic) bond motifs is 2. The predicted molar refractivity (Wildman–Crippen MR) is 149 cm³/mol. The number of carbonyl (C=O) groups is 2. The van der Waals surface area contributed by atoms with Gasteiger partial charge in [-0.25, -0.2) is 4.98 Å². The van der Waals surface area contributed by atoms with Crippen LogP contribution >= 0.6 is 11.3 Å². The minimum atomic E-state index is -0.131. The van der Waals surface area contributed by atoms with Crippen LogP contribution in [0, 0.1) is 5.92 Å². The molecule has 0 aliphatic rings. The van der Waals surface area contributed by atoms with Gasteiger partial charge in [0.25, 0.3) is 0 Å². The van der Waals surface area contributed by atoms with E-state index in [4.69, 9.17) is 0 Å². The molecule has 0 aromatic carbocycles. The lowest BCUT2D eigenvalue weighted by molar-refractivity contribution is -0.118. The molecule has 6 heterocycles. The van der Waals surface area contributed by atoms with Crippen molar-refractivity contribution in [1.82, 2.24) is 30.1 Å². The van der Waals surface area contributed by atoms with Crippen molar-refractivity contribution in [3.8, 4) is 33.1 Å². The number of Topliss-reactive ketones (excluding diaryl/α,β-unsaturated/α-hetero) is 1. The highest BCUT2D eigenvalue weighted by Crippen LogP contribution is 2.36. The summed E-state index contributed by atoms with van der Waals surface area (Å²) in [6.07, 6.45) is 6.88. The molecule has 0 bridgehead atoms. The maximum atomic E-state index is 12.1. The number of ketones is 1. The third kappa shape index (κ3) is 4.24. The van der Waals surface area contributed by atoms with Gasteiger partial charge in [0.05, 0.1) is 33.0 Å². The summed E-state index contributed by atoms with van der Waals surface area (Å²) in [5, 5.41) is 12.2. The smallest absolute Gasteiger partial charge is 0.226 e. The van der Waals surface area contributed by atoms with E-state index in [2.05, 4.69) is 35.5 Å². The Balaban J connectivity index is 1.40. The van der Waals surface area contributed by atoms with Crippen molar-refractivity contribution in [2.75, 3.05) is 5.32 Å². The normalized spacial score (nSPS) is 11.5. The molecule has 0 spiro atoms. The van der Waals surface area contributed by atoms with Crippen LogP contribution in [0.1, 0.15) is 30.4 Å². The van der Waals surface area contributed by atoms with Crippen LogP contribution < -0.4 is 5.32 Å². The molecule has 9 nitrogen and oxygen atoms in total. The first-order chi connectivity index (χ1) is 18.4. The van der Waals surface area contributed by atoms with Crippen LogP contribution in [0.4, 0.5) is 5.69 Å². The molecule has 6 rings (SSSR count). The number of aromatic nitrogens is 6. The molecule has 0 aliphatic carbocycles. The van der Waals surface area contributed by atoms with Crippen LogP contribution in [-0.4, -0.2) is 41.8 Å². The van der Waals surface area contributed by atoms with Gasteiger partial charge in [-0.3, -0.25) is 24.7 Å². The number of pyridine rings is 3. The number of nitrogens with zero attached hydrogens (tertiary/aromatic N) is 4. The molecular weight excluding hydrogens is 498 g/mol. The highest BCUT2D eigenvalue weighted by Gasteiger charge is 2.17. The lowest BCUT2D eigenvalue weighted by Gasteiger charge is -2.09.